The molecule has 0 saturated carbocycles. The number of pyridine rings is 1. The summed E-state index contributed by atoms with van der Waals surface area (Å²) in [4.78, 5) is 6.55. The van der Waals surface area contributed by atoms with Crippen molar-refractivity contribution in [3.8, 4) is 5.75 Å². The summed E-state index contributed by atoms with van der Waals surface area (Å²) in [6.07, 6.45) is 1.68. The first kappa shape index (κ1) is 17.0. The summed E-state index contributed by atoms with van der Waals surface area (Å²) in [5.74, 6) is 1.32. The van der Waals surface area contributed by atoms with Gasteiger partial charge in [-0.15, -0.1) is 0 Å². The highest BCUT2D eigenvalue weighted by Gasteiger charge is 2.29. The van der Waals surface area contributed by atoms with E-state index in [0.29, 0.717) is 42.8 Å². The minimum atomic E-state index is -3.51. The molecular weight excluding hydrogens is 350 g/mol. The number of piperazine rings is 1. The van der Waals surface area contributed by atoms with Gasteiger partial charge in [0.15, 0.2) is 0 Å². The van der Waals surface area contributed by atoms with E-state index in [1.54, 1.807) is 49.7 Å². The van der Waals surface area contributed by atoms with Crippen LogP contribution in [0.3, 0.4) is 0 Å². The van der Waals surface area contributed by atoms with Crippen LogP contribution in [-0.2, 0) is 10.0 Å². The van der Waals surface area contributed by atoms with Crippen LogP contribution >= 0.6 is 11.6 Å². The van der Waals surface area contributed by atoms with E-state index in [1.807, 2.05) is 4.90 Å². The zero-order valence-electron chi connectivity index (χ0n) is 13.2. The lowest BCUT2D eigenvalue weighted by atomic mass is 10.3. The number of nitrogens with zero attached hydrogens (tertiary/aromatic N) is 3. The Labute approximate surface area is 146 Å². The maximum atomic E-state index is 12.7. The summed E-state index contributed by atoms with van der Waals surface area (Å²) >= 11 is 6.16. The molecule has 2 heterocycles. The summed E-state index contributed by atoms with van der Waals surface area (Å²) in [6.45, 7) is 1.88. The molecular formula is C16H18ClN3O3S. The standard InChI is InChI=1S/C16H18ClN3O3S/c1-23-13-4-6-14(7-5-13)24(21,22)20-11-9-19(10-12-20)16-15(17)3-2-8-18-16/h2-8H,9-12H2,1H3. The highest BCUT2D eigenvalue weighted by Crippen LogP contribution is 2.25. The van der Waals surface area contributed by atoms with Crippen molar-refractivity contribution in [2.45, 2.75) is 4.90 Å². The Kier molecular flexibility index (Phi) is 4.93. The van der Waals surface area contributed by atoms with Gasteiger partial charge in [-0.2, -0.15) is 4.31 Å². The number of hydrogen-bond acceptors (Lipinski definition) is 5. The third-order valence-corrected chi connectivity index (χ3v) is 6.18. The van der Waals surface area contributed by atoms with Gasteiger partial charge in [-0.3, -0.25) is 0 Å². The molecule has 6 nitrogen and oxygen atoms in total. The van der Waals surface area contributed by atoms with Crippen LogP contribution in [0.5, 0.6) is 5.75 Å². The third kappa shape index (κ3) is 3.33. The minimum Gasteiger partial charge on any atom is -0.497 e. The molecule has 1 aliphatic heterocycles. The molecule has 0 N–H and O–H groups in total. The fraction of sp³-hybridized carbons (Fsp3) is 0.312. The van der Waals surface area contributed by atoms with Crippen molar-refractivity contribution < 1.29 is 13.2 Å². The second-order valence-corrected chi connectivity index (χ2v) is 7.72. The lowest BCUT2D eigenvalue weighted by Crippen LogP contribution is -2.49. The van der Waals surface area contributed by atoms with E-state index >= 15 is 0 Å². The van der Waals surface area contributed by atoms with E-state index in [4.69, 9.17) is 16.3 Å². The monoisotopic (exact) mass is 367 g/mol. The lowest BCUT2D eigenvalue weighted by Gasteiger charge is -2.35. The van der Waals surface area contributed by atoms with Gasteiger partial charge in [-0.05, 0) is 36.4 Å². The Balaban J connectivity index is 1.72. The molecule has 1 aromatic heterocycles. The highest BCUT2D eigenvalue weighted by molar-refractivity contribution is 7.89. The predicted octanol–water partition coefficient (Wildman–Crippen LogP) is 2.25. The van der Waals surface area contributed by atoms with Gasteiger partial charge in [0, 0.05) is 32.4 Å². The number of ether oxygens (including phenoxy) is 1. The fourth-order valence-corrected chi connectivity index (χ4v) is 4.31. The maximum absolute atomic E-state index is 12.7. The Bertz CT molecular complexity index is 804. The van der Waals surface area contributed by atoms with E-state index in [-0.39, 0.29) is 4.90 Å². The first-order valence-corrected chi connectivity index (χ1v) is 9.34. The number of aromatic nitrogens is 1. The predicted molar refractivity (Wildman–Crippen MR) is 93.2 cm³/mol. The Morgan fingerprint density at radius 1 is 1.08 bits per heavy atom. The van der Waals surface area contributed by atoms with E-state index in [9.17, 15) is 8.42 Å². The average molecular weight is 368 g/mol. The van der Waals surface area contributed by atoms with Gasteiger partial charge < -0.3 is 9.64 Å². The number of halogens is 1. The molecule has 0 atom stereocenters. The van der Waals surface area contributed by atoms with E-state index < -0.39 is 10.0 Å². The van der Waals surface area contributed by atoms with Crippen LogP contribution in [-0.4, -0.2) is 51.0 Å². The molecule has 2 aromatic rings. The van der Waals surface area contributed by atoms with Gasteiger partial charge in [0.25, 0.3) is 0 Å². The van der Waals surface area contributed by atoms with E-state index in [0.717, 1.165) is 0 Å². The van der Waals surface area contributed by atoms with Gasteiger partial charge in [0.1, 0.15) is 11.6 Å². The molecule has 0 amide bonds. The number of methoxy groups -OCH3 is 1. The molecule has 0 radical (unpaired) electrons. The average Bonchev–Trinajstić information content (AvgIpc) is 2.62. The van der Waals surface area contributed by atoms with Crippen molar-refractivity contribution in [2.24, 2.45) is 0 Å². The summed E-state index contributed by atoms with van der Waals surface area (Å²) in [5, 5.41) is 0.573. The highest BCUT2D eigenvalue weighted by atomic mass is 35.5. The Morgan fingerprint density at radius 2 is 1.75 bits per heavy atom. The Morgan fingerprint density at radius 3 is 2.33 bits per heavy atom. The molecule has 0 unspecified atom stereocenters. The largest absolute Gasteiger partial charge is 0.497 e. The number of benzene rings is 1. The molecule has 8 heteroatoms. The van der Waals surface area contributed by atoms with Crippen molar-refractivity contribution in [3.63, 3.8) is 0 Å². The second kappa shape index (κ2) is 6.96. The minimum absolute atomic E-state index is 0.271. The van der Waals surface area contributed by atoms with Gasteiger partial charge in [-0.1, -0.05) is 11.6 Å². The topological polar surface area (TPSA) is 62.7 Å². The fourth-order valence-electron chi connectivity index (χ4n) is 2.65. The van der Waals surface area contributed by atoms with E-state index in [2.05, 4.69) is 4.98 Å². The van der Waals surface area contributed by atoms with Crippen LogP contribution in [0.2, 0.25) is 5.02 Å². The van der Waals surface area contributed by atoms with Crippen LogP contribution in [0.15, 0.2) is 47.5 Å². The third-order valence-electron chi connectivity index (χ3n) is 3.97. The van der Waals surface area contributed by atoms with E-state index in [1.165, 1.54) is 4.31 Å². The quantitative estimate of drug-likeness (QED) is 0.829. The number of rotatable bonds is 4. The molecule has 24 heavy (non-hydrogen) atoms. The van der Waals surface area contributed by atoms with Crippen molar-refractivity contribution in [2.75, 3.05) is 38.2 Å². The zero-order chi connectivity index (χ0) is 17.2. The smallest absolute Gasteiger partial charge is 0.243 e. The number of hydrogen-bond donors (Lipinski definition) is 0. The van der Waals surface area contributed by atoms with Crippen molar-refractivity contribution in [3.05, 3.63) is 47.6 Å². The second-order valence-electron chi connectivity index (χ2n) is 5.38. The summed E-state index contributed by atoms with van der Waals surface area (Å²) in [7, 11) is -1.96. The molecule has 1 saturated heterocycles. The number of anilines is 1. The Hall–Kier alpha value is -1.83. The van der Waals surface area contributed by atoms with Gasteiger partial charge >= 0.3 is 0 Å². The van der Waals surface area contributed by atoms with Crippen LogP contribution in [0.25, 0.3) is 0 Å². The number of sulfonamides is 1. The van der Waals surface area contributed by atoms with Crippen molar-refractivity contribution in [1.82, 2.24) is 9.29 Å². The molecule has 0 aliphatic carbocycles. The van der Waals surface area contributed by atoms with Gasteiger partial charge in [-0.25, -0.2) is 13.4 Å². The molecule has 3 rings (SSSR count). The maximum Gasteiger partial charge on any atom is 0.243 e. The zero-order valence-corrected chi connectivity index (χ0v) is 14.8. The van der Waals surface area contributed by atoms with Gasteiger partial charge in [0.2, 0.25) is 10.0 Å². The first-order valence-electron chi connectivity index (χ1n) is 7.52. The molecule has 1 aromatic carbocycles. The lowest BCUT2D eigenvalue weighted by molar-refractivity contribution is 0.383. The first-order chi connectivity index (χ1) is 11.5. The van der Waals surface area contributed by atoms with Crippen LogP contribution in [0.4, 0.5) is 5.82 Å². The van der Waals surface area contributed by atoms with Crippen molar-refractivity contribution >= 4 is 27.4 Å². The SMILES string of the molecule is COc1ccc(S(=O)(=O)N2CCN(c3ncccc3Cl)CC2)cc1. The molecule has 1 aliphatic rings. The van der Waals surface area contributed by atoms with Gasteiger partial charge in [0.05, 0.1) is 17.0 Å². The van der Waals surface area contributed by atoms with Crippen LogP contribution in [0, 0.1) is 0 Å². The molecule has 0 bridgehead atoms. The molecule has 0 spiro atoms. The van der Waals surface area contributed by atoms with Crippen LogP contribution in [0.1, 0.15) is 0 Å². The van der Waals surface area contributed by atoms with Crippen molar-refractivity contribution in [1.29, 1.82) is 0 Å². The van der Waals surface area contributed by atoms with Crippen LogP contribution < -0.4 is 9.64 Å². The normalized spacial score (nSPS) is 16.2. The summed E-state index contributed by atoms with van der Waals surface area (Å²) < 4.78 is 32.0. The summed E-state index contributed by atoms with van der Waals surface area (Å²) in [6, 6.07) is 9.99. The summed E-state index contributed by atoms with van der Waals surface area (Å²) in [5.41, 5.74) is 0. The molecule has 1 fully saturated rings. The molecule has 128 valence electrons.